The van der Waals surface area contributed by atoms with Gasteiger partial charge < -0.3 is 9.13 Å². The zero-order valence-corrected chi connectivity index (χ0v) is 31.8. The standard InChI is InChI=1S/C47H27Br2N5/c48-32-19-21-43-36(25-32)34-15-7-9-17-41(34)53(43)45-23-31(40-27-39(29-11-3-1-4-12-29)51-47(52-40)30-13-5-2-6-14-30)24-46(38(45)28-50)54-42-18-10-8-16-35(42)37-26-33(49)20-22-44(37)54/h1-27H. The third-order valence-corrected chi connectivity index (χ3v) is 11.1. The van der Waals surface area contributed by atoms with Crippen LogP contribution in [0.4, 0.5) is 0 Å². The van der Waals surface area contributed by atoms with Crippen LogP contribution < -0.4 is 0 Å². The smallest absolute Gasteiger partial charge is 0.160 e. The summed E-state index contributed by atoms with van der Waals surface area (Å²) in [6, 6.07) is 58.7. The van der Waals surface area contributed by atoms with Crippen molar-refractivity contribution in [3.8, 4) is 51.3 Å². The molecule has 0 fully saturated rings. The van der Waals surface area contributed by atoms with Crippen LogP contribution in [0.2, 0.25) is 0 Å². The van der Waals surface area contributed by atoms with Gasteiger partial charge in [-0.05, 0) is 66.7 Å². The van der Waals surface area contributed by atoms with Crippen LogP contribution in [0.3, 0.4) is 0 Å². The van der Waals surface area contributed by atoms with E-state index in [1.807, 2.05) is 48.5 Å². The molecule has 0 spiro atoms. The second-order valence-electron chi connectivity index (χ2n) is 13.2. The zero-order chi connectivity index (χ0) is 36.3. The lowest BCUT2D eigenvalue weighted by molar-refractivity contribution is 1.11. The Kier molecular flexibility index (Phi) is 7.76. The van der Waals surface area contributed by atoms with E-state index in [4.69, 9.17) is 9.97 Å². The molecule has 10 aromatic rings. The van der Waals surface area contributed by atoms with E-state index < -0.39 is 0 Å². The van der Waals surface area contributed by atoms with Crippen molar-refractivity contribution in [1.82, 2.24) is 19.1 Å². The number of halogens is 2. The van der Waals surface area contributed by atoms with E-state index in [-0.39, 0.29) is 0 Å². The Hall–Kier alpha value is -6.33. The molecule has 0 aliphatic carbocycles. The van der Waals surface area contributed by atoms with E-state index in [1.54, 1.807) is 0 Å². The molecule has 254 valence electrons. The van der Waals surface area contributed by atoms with Gasteiger partial charge in [-0.2, -0.15) is 5.26 Å². The summed E-state index contributed by atoms with van der Waals surface area (Å²) in [4.78, 5) is 10.3. The normalized spacial score (nSPS) is 11.5. The summed E-state index contributed by atoms with van der Waals surface area (Å²) in [5, 5.41) is 15.7. The average Bonchev–Trinajstić information content (AvgIpc) is 3.72. The first-order valence-electron chi connectivity index (χ1n) is 17.5. The predicted molar refractivity (Wildman–Crippen MR) is 227 cm³/mol. The minimum absolute atomic E-state index is 0.551. The van der Waals surface area contributed by atoms with Crippen molar-refractivity contribution in [3.05, 3.63) is 178 Å². The summed E-state index contributed by atoms with van der Waals surface area (Å²) in [6.45, 7) is 0. The lowest BCUT2D eigenvalue weighted by Crippen LogP contribution is -2.06. The third-order valence-electron chi connectivity index (χ3n) is 10.1. The Morgan fingerprint density at radius 1 is 0.426 bits per heavy atom. The molecule has 0 aliphatic rings. The number of para-hydroxylation sites is 2. The highest BCUT2D eigenvalue weighted by Gasteiger charge is 2.23. The Morgan fingerprint density at radius 3 is 1.39 bits per heavy atom. The van der Waals surface area contributed by atoms with Crippen molar-refractivity contribution in [1.29, 1.82) is 5.26 Å². The van der Waals surface area contributed by atoms with Crippen molar-refractivity contribution < 1.29 is 0 Å². The lowest BCUT2D eigenvalue weighted by atomic mass is 10.0. The molecule has 54 heavy (non-hydrogen) atoms. The Balaban J connectivity index is 1.36. The minimum Gasteiger partial charge on any atom is -0.308 e. The van der Waals surface area contributed by atoms with Crippen molar-refractivity contribution in [2.75, 3.05) is 0 Å². The van der Waals surface area contributed by atoms with Gasteiger partial charge in [0.15, 0.2) is 5.82 Å². The molecule has 0 amide bonds. The lowest BCUT2D eigenvalue weighted by Gasteiger charge is -2.18. The van der Waals surface area contributed by atoms with Crippen molar-refractivity contribution >= 4 is 75.5 Å². The van der Waals surface area contributed by atoms with E-state index in [1.165, 1.54) is 0 Å². The molecule has 7 aromatic carbocycles. The first-order valence-corrected chi connectivity index (χ1v) is 19.1. The fraction of sp³-hybridized carbons (Fsp3) is 0. The maximum atomic E-state index is 11.3. The second kappa shape index (κ2) is 13.0. The summed E-state index contributed by atoms with van der Waals surface area (Å²) < 4.78 is 6.44. The van der Waals surface area contributed by atoms with Gasteiger partial charge in [0.2, 0.25) is 0 Å². The second-order valence-corrected chi connectivity index (χ2v) is 15.1. The number of nitrogens with zero attached hydrogens (tertiary/aromatic N) is 5. The fourth-order valence-electron chi connectivity index (χ4n) is 7.70. The molecule has 0 atom stereocenters. The van der Waals surface area contributed by atoms with E-state index in [0.717, 1.165) is 92.0 Å². The largest absolute Gasteiger partial charge is 0.308 e. The summed E-state index contributed by atoms with van der Waals surface area (Å²) in [5.74, 6) is 0.628. The van der Waals surface area contributed by atoms with Gasteiger partial charge in [-0.3, -0.25) is 0 Å². The quantitative estimate of drug-likeness (QED) is 0.174. The van der Waals surface area contributed by atoms with Crippen LogP contribution in [0.1, 0.15) is 5.56 Å². The van der Waals surface area contributed by atoms with E-state index in [0.29, 0.717) is 11.4 Å². The Morgan fingerprint density at radius 2 is 0.870 bits per heavy atom. The topological polar surface area (TPSA) is 59.4 Å². The molecule has 7 heteroatoms. The summed E-state index contributed by atoms with van der Waals surface area (Å²) in [5.41, 5.74) is 10.5. The van der Waals surface area contributed by atoms with Gasteiger partial charge in [-0.1, -0.05) is 129 Å². The van der Waals surface area contributed by atoms with Crippen molar-refractivity contribution in [2.45, 2.75) is 0 Å². The summed E-state index contributed by atoms with van der Waals surface area (Å²) in [6.07, 6.45) is 0. The molecule has 0 unspecified atom stereocenters. The molecule has 0 bridgehead atoms. The van der Waals surface area contributed by atoms with Gasteiger partial charge in [0, 0.05) is 47.2 Å². The highest BCUT2D eigenvalue weighted by molar-refractivity contribution is 9.10. The van der Waals surface area contributed by atoms with Gasteiger partial charge in [0.05, 0.1) is 44.8 Å². The number of benzene rings is 7. The van der Waals surface area contributed by atoms with Gasteiger partial charge in [0.25, 0.3) is 0 Å². The van der Waals surface area contributed by atoms with Crippen molar-refractivity contribution in [2.24, 2.45) is 0 Å². The number of hydrogen-bond acceptors (Lipinski definition) is 3. The third kappa shape index (κ3) is 5.26. The maximum Gasteiger partial charge on any atom is 0.160 e. The van der Waals surface area contributed by atoms with Crippen LogP contribution in [0, 0.1) is 11.3 Å². The number of nitriles is 1. The first kappa shape index (κ1) is 32.3. The molecule has 10 rings (SSSR count). The van der Waals surface area contributed by atoms with Gasteiger partial charge >= 0.3 is 0 Å². The predicted octanol–water partition coefficient (Wildman–Crippen LogP) is 13.1. The molecule has 0 N–H and O–H groups in total. The van der Waals surface area contributed by atoms with Crippen LogP contribution in [0.15, 0.2) is 173 Å². The average molecular weight is 822 g/mol. The fourth-order valence-corrected chi connectivity index (χ4v) is 8.43. The number of aromatic nitrogens is 4. The molecular formula is C47H27Br2N5. The molecular weight excluding hydrogens is 794 g/mol. The molecule has 0 saturated heterocycles. The molecule has 0 aliphatic heterocycles. The number of rotatable bonds is 5. The number of hydrogen-bond donors (Lipinski definition) is 0. The van der Waals surface area contributed by atoms with Crippen LogP contribution >= 0.6 is 31.9 Å². The minimum atomic E-state index is 0.551. The molecule has 3 aromatic heterocycles. The van der Waals surface area contributed by atoms with Crippen LogP contribution in [-0.4, -0.2) is 19.1 Å². The van der Waals surface area contributed by atoms with E-state index in [9.17, 15) is 5.26 Å². The molecule has 3 heterocycles. The first-order chi connectivity index (χ1) is 26.6. The zero-order valence-electron chi connectivity index (χ0n) is 28.6. The van der Waals surface area contributed by atoms with Crippen LogP contribution in [0.5, 0.6) is 0 Å². The van der Waals surface area contributed by atoms with Crippen molar-refractivity contribution in [3.63, 3.8) is 0 Å². The highest BCUT2D eigenvalue weighted by atomic mass is 79.9. The van der Waals surface area contributed by atoms with Crippen LogP contribution in [-0.2, 0) is 0 Å². The Labute approximate surface area is 327 Å². The molecule has 0 saturated carbocycles. The van der Waals surface area contributed by atoms with E-state index in [2.05, 4.69) is 162 Å². The SMILES string of the molecule is N#Cc1c(-n2c3ccccc3c3cc(Br)ccc32)cc(-c2cc(-c3ccccc3)nc(-c3ccccc3)n2)cc1-n1c2ccccc2c2cc(Br)ccc21. The molecule has 0 radical (unpaired) electrons. The molecule has 5 nitrogen and oxygen atoms in total. The highest BCUT2D eigenvalue weighted by Crippen LogP contribution is 2.41. The Bertz CT molecular complexity index is 2940. The van der Waals surface area contributed by atoms with Gasteiger partial charge in [-0.15, -0.1) is 0 Å². The monoisotopic (exact) mass is 819 g/mol. The summed E-state index contributed by atoms with van der Waals surface area (Å²) in [7, 11) is 0. The van der Waals surface area contributed by atoms with Crippen LogP contribution in [0.25, 0.3) is 88.9 Å². The van der Waals surface area contributed by atoms with Gasteiger partial charge in [0.1, 0.15) is 11.6 Å². The number of fused-ring (bicyclic) bond motifs is 6. The van der Waals surface area contributed by atoms with E-state index >= 15 is 0 Å². The maximum absolute atomic E-state index is 11.3. The summed E-state index contributed by atoms with van der Waals surface area (Å²) >= 11 is 7.42. The van der Waals surface area contributed by atoms with Gasteiger partial charge in [-0.25, -0.2) is 9.97 Å².